The number of nitrogens with zero attached hydrogens (tertiary/aromatic N) is 2. The van der Waals surface area contributed by atoms with Crippen LogP contribution in [0.4, 0.5) is 0 Å². The zero-order chi connectivity index (χ0) is 17.8. The van der Waals surface area contributed by atoms with Crippen LogP contribution in [0.3, 0.4) is 0 Å². The molecule has 0 amide bonds. The molecule has 0 bridgehead atoms. The van der Waals surface area contributed by atoms with Crippen molar-refractivity contribution in [3.8, 4) is 5.75 Å². The molecule has 1 saturated heterocycles. The van der Waals surface area contributed by atoms with Crippen molar-refractivity contribution in [1.82, 2.24) is 9.88 Å². The standard InChI is InChI=1S/C21H28N2O2/c1-4-15-14-23(2)12-10-16(15)5-8-21(24)18-9-11-22-20-7-6-17(25-3)13-19(18)20/h4,6-7,9,11,13,15-16,21,24H,1,5,8,10,12,14H2,2-3H3/t15-,16?,21+/m1/s1. The smallest absolute Gasteiger partial charge is 0.119 e. The van der Waals surface area contributed by atoms with Gasteiger partial charge in [-0.05, 0) is 74.5 Å². The molecule has 4 heteroatoms. The van der Waals surface area contributed by atoms with Gasteiger partial charge >= 0.3 is 0 Å². The van der Waals surface area contributed by atoms with Crippen molar-refractivity contribution in [2.45, 2.75) is 25.4 Å². The fourth-order valence-corrected chi connectivity index (χ4v) is 3.92. The van der Waals surface area contributed by atoms with Gasteiger partial charge in [0.25, 0.3) is 0 Å². The van der Waals surface area contributed by atoms with E-state index in [9.17, 15) is 5.11 Å². The zero-order valence-electron chi connectivity index (χ0n) is 15.2. The molecule has 0 spiro atoms. The van der Waals surface area contributed by atoms with Crippen LogP contribution in [0.1, 0.15) is 30.9 Å². The molecule has 1 aliphatic heterocycles. The maximum atomic E-state index is 10.8. The highest BCUT2D eigenvalue weighted by atomic mass is 16.5. The molecule has 1 aromatic carbocycles. The minimum absolute atomic E-state index is 0.484. The molecule has 2 heterocycles. The topological polar surface area (TPSA) is 45.6 Å². The first-order valence-electron chi connectivity index (χ1n) is 9.04. The average molecular weight is 340 g/mol. The van der Waals surface area contributed by atoms with Gasteiger partial charge in [0.2, 0.25) is 0 Å². The summed E-state index contributed by atoms with van der Waals surface area (Å²) in [6.45, 7) is 6.20. The van der Waals surface area contributed by atoms with E-state index in [-0.39, 0.29) is 0 Å². The monoisotopic (exact) mass is 340 g/mol. The number of hydrogen-bond donors (Lipinski definition) is 1. The molecular formula is C21H28N2O2. The number of methoxy groups -OCH3 is 1. The fraction of sp³-hybridized carbons (Fsp3) is 0.476. The van der Waals surface area contributed by atoms with Gasteiger partial charge in [0, 0.05) is 18.1 Å². The third kappa shape index (κ3) is 4.02. The van der Waals surface area contributed by atoms with Crippen LogP contribution in [-0.2, 0) is 0 Å². The number of rotatable bonds is 6. The van der Waals surface area contributed by atoms with Gasteiger partial charge in [0.15, 0.2) is 0 Å². The molecule has 3 rings (SSSR count). The van der Waals surface area contributed by atoms with Gasteiger partial charge < -0.3 is 14.7 Å². The lowest BCUT2D eigenvalue weighted by molar-refractivity contribution is 0.124. The molecule has 134 valence electrons. The Bertz CT molecular complexity index is 731. The molecule has 1 aromatic heterocycles. The quantitative estimate of drug-likeness (QED) is 0.812. The van der Waals surface area contributed by atoms with Crippen molar-refractivity contribution in [3.63, 3.8) is 0 Å². The molecule has 0 saturated carbocycles. The van der Waals surface area contributed by atoms with Crippen LogP contribution in [-0.4, -0.2) is 42.2 Å². The van der Waals surface area contributed by atoms with Gasteiger partial charge in [0.05, 0.1) is 18.7 Å². The SMILES string of the molecule is C=C[C@@H]1CN(C)CCC1CC[C@H](O)c1ccnc2ccc(OC)cc12. The van der Waals surface area contributed by atoms with E-state index in [4.69, 9.17) is 4.74 Å². The van der Waals surface area contributed by atoms with E-state index in [0.717, 1.165) is 48.1 Å². The number of hydrogen-bond acceptors (Lipinski definition) is 4. The van der Waals surface area contributed by atoms with Crippen LogP contribution in [0.15, 0.2) is 43.1 Å². The largest absolute Gasteiger partial charge is 0.497 e. The lowest BCUT2D eigenvalue weighted by Crippen LogP contribution is -2.37. The molecule has 1 unspecified atom stereocenters. The Morgan fingerprint density at radius 3 is 3.04 bits per heavy atom. The number of fused-ring (bicyclic) bond motifs is 1. The molecule has 0 radical (unpaired) electrons. The van der Waals surface area contributed by atoms with Crippen LogP contribution in [0.2, 0.25) is 0 Å². The maximum absolute atomic E-state index is 10.8. The molecule has 1 N–H and O–H groups in total. The summed E-state index contributed by atoms with van der Waals surface area (Å²) in [5, 5.41) is 11.8. The van der Waals surface area contributed by atoms with Crippen LogP contribution in [0.5, 0.6) is 5.75 Å². The van der Waals surface area contributed by atoms with E-state index in [0.29, 0.717) is 11.8 Å². The van der Waals surface area contributed by atoms with Crippen LogP contribution < -0.4 is 4.74 Å². The van der Waals surface area contributed by atoms with Crippen molar-refractivity contribution in [1.29, 1.82) is 0 Å². The summed E-state index contributed by atoms with van der Waals surface area (Å²) in [5.74, 6) is 1.90. The van der Waals surface area contributed by atoms with Crippen molar-refractivity contribution >= 4 is 10.9 Å². The molecule has 0 aliphatic carbocycles. The maximum Gasteiger partial charge on any atom is 0.119 e. The highest BCUT2D eigenvalue weighted by Gasteiger charge is 2.26. The first-order valence-corrected chi connectivity index (χ1v) is 9.04. The van der Waals surface area contributed by atoms with Crippen molar-refractivity contribution in [3.05, 3.63) is 48.7 Å². The summed E-state index contributed by atoms with van der Waals surface area (Å²) < 4.78 is 5.33. The Labute approximate surface area is 150 Å². The Morgan fingerprint density at radius 1 is 1.44 bits per heavy atom. The van der Waals surface area contributed by atoms with Gasteiger partial charge in [-0.15, -0.1) is 6.58 Å². The lowest BCUT2D eigenvalue weighted by Gasteiger charge is -2.35. The Morgan fingerprint density at radius 2 is 2.28 bits per heavy atom. The predicted octanol–water partition coefficient (Wildman–Crippen LogP) is 3.81. The number of piperidine rings is 1. The number of benzene rings is 1. The van der Waals surface area contributed by atoms with Gasteiger partial charge in [-0.25, -0.2) is 0 Å². The molecule has 1 fully saturated rings. The third-order valence-corrected chi connectivity index (χ3v) is 5.46. The van der Waals surface area contributed by atoms with E-state index in [1.54, 1.807) is 13.3 Å². The van der Waals surface area contributed by atoms with Gasteiger partial charge in [0.1, 0.15) is 5.75 Å². The predicted molar refractivity (Wildman–Crippen MR) is 102 cm³/mol. The molecule has 4 nitrogen and oxygen atoms in total. The minimum Gasteiger partial charge on any atom is -0.497 e. The zero-order valence-corrected chi connectivity index (χ0v) is 15.2. The number of ether oxygens (including phenoxy) is 1. The molecule has 25 heavy (non-hydrogen) atoms. The van der Waals surface area contributed by atoms with E-state index in [1.807, 2.05) is 24.3 Å². The fourth-order valence-electron chi connectivity index (χ4n) is 3.92. The normalized spacial score (nSPS) is 22.7. The van der Waals surface area contributed by atoms with E-state index >= 15 is 0 Å². The summed E-state index contributed by atoms with van der Waals surface area (Å²) in [7, 11) is 3.82. The number of likely N-dealkylation sites (tertiary alicyclic amines) is 1. The lowest BCUT2D eigenvalue weighted by atomic mass is 9.81. The minimum atomic E-state index is -0.484. The highest BCUT2D eigenvalue weighted by molar-refractivity contribution is 5.83. The Balaban J connectivity index is 1.74. The summed E-state index contributed by atoms with van der Waals surface area (Å²) in [6.07, 6.45) is 6.32. The first-order chi connectivity index (χ1) is 12.1. The summed E-state index contributed by atoms with van der Waals surface area (Å²) >= 11 is 0. The number of pyridine rings is 1. The second-order valence-corrected chi connectivity index (χ2v) is 7.09. The van der Waals surface area contributed by atoms with Gasteiger partial charge in [-0.2, -0.15) is 0 Å². The van der Waals surface area contributed by atoms with Gasteiger partial charge in [-0.3, -0.25) is 4.98 Å². The second kappa shape index (κ2) is 7.98. The van der Waals surface area contributed by atoms with Crippen LogP contribution in [0.25, 0.3) is 10.9 Å². The number of aromatic nitrogens is 1. The first kappa shape index (κ1) is 17.9. The molecule has 2 aromatic rings. The van der Waals surface area contributed by atoms with E-state index < -0.39 is 6.10 Å². The van der Waals surface area contributed by atoms with Gasteiger partial charge in [-0.1, -0.05) is 6.08 Å². The Kier molecular flexibility index (Phi) is 5.71. The summed E-state index contributed by atoms with van der Waals surface area (Å²) in [4.78, 5) is 6.76. The Hall–Kier alpha value is -1.91. The summed E-state index contributed by atoms with van der Waals surface area (Å²) in [6, 6.07) is 7.73. The number of aliphatic hydroxyl groups excluding tert-OH is 1. The van der Waals surface area contributed by atoms with Crippen LogP contribution >= 0.6 is 0 Å². The van der Waals surface area contributed by atoms with E-state index in [2.05, 4.69) is 29.6 Å². The average Bonchev–Trinajstić information content (AvgIpc) is 2.65. The molecule has 3 atom stereocenters. The van der Waals surface area contributed by atoms with Crippen LogP contribution in [0, 0.1) is 11.8 Å². The highest BCUT2D eigenvalue weighted by Crippen LogP contribution is 2.33. The second-order valence-electron chi connectivity index (χ2n) is 7.09. The van der Waals surface area contributed by atoms with Crippen molar-refractivity contribution in [2.24, 2.45) is 11.8 Å². The summed E-state index contributed by atoms with van der Waals surface area (Å²) in [5.41, 5.74) is 1.83. The molecular weight excluding hydrogens is 312 g/mol. The molecule has 1 aliphatic rings. The van der Waals surface area contributed by atoms with Crippen molar-refractivity contribution in [2.75, 3.05) is 27.2 Å². The van der Waals surface area contributed by atoms with Crippen molar-refractivity contribution < 1.29 is 9.84 Å². The van der Waals surface area contributed by atoms with E-state index in [1.165, 1.54) is 6.42 Å². The number of aliphatic hydroxyl groups is 1. The third-order valence-electron chi connectivity index (χ3n) is 5.46.